The van der Waals surface area contributed by atoms with E-state index >= 15 is 0 Å². The fraction of sp³-hybridized carbons (Fsp3) is 0.217. The molecule has 3 rings (SSSR count). The van der Waals surface area contributed by atoms with E-state index in [-0.39, 0.29) is 10.8 Å². The summed E-state index contributed by atoms with van der Waals surface area (Å²) in [5.74, 6) is 0.628. The van der Waals surface area contributed by atoms with Gasteiger partial charge in [-0.2, -0.15) is 0 Å². The molecule has 2 N–H and O–H groups in total. The van der Waals surface area contributed by atoms with Crippen LogP contribution in [0.15, 0.2) is 71.8 Å². The van der Waals surface area contributed by atoms with Crippen molar-refractivity contribution in [3.05, 3.63) is 77.4 Å². The van der Waals surface area contributed by atoms with Gasteiger partial charge < -0.3 is 10.1 Å². The summed E-state index contributed by atoms with van der Waals surface area (Å²) in [5.41, 5.74) is 0.844. The number of unbranched alkanes of at least 4 members (excludes halogenated alkanes) is 2. The number of hydrogen-bond donors (Lipinski definition) is 2. The average molecular weight is 474 g/mol. The maximum Gasteiger partial charge on any atom is 0.261 e. The molecular weight excluding hydrogens is 450 g/mol. The van der Waals surface area contributed by atoms with Crippen molar-refractivity contribution in [3.63, 3.8) is 0 Å². The average Bonchev–Trinajstić information content (AvgIpc) is 2.78. The molecule has 1 heterocycles. The number of anilines is 1. The predicted octanol–water partition coefficient (Wildman–Crippen LogP) is 5.25. The zero-order chi connectivity index (χ0) is 23.0. The van der Waals surface area contributed by atoms with E-state index in [4.69, 9.17) is 16.3 Å². The second-order valence-corrected chi connectivity index (χ2v) is 9.15. The summed E-state index contributed by atoms with van der Waals surface area (Å²) in [6.07, 6.45) is 4.58. The van der Waals surface area contributed by atoms with Crippen molar-refractivity contribution in [2.45, 2.75) is 31.1 Å². The van der Waals surface area contributed by atoms with Crippen molar-refractivity contribution in [2.24, 2.45) is 0 Å². The number of benzene rings is 2. The molecule has 0 fully saturated rings. The number of rotatable bonds is 10. The number of pyridine rings is 1. The van der Waals surface area contributed by atoms with Crippen LogP contribution in [0.2, 0.25) is 5.02 Å². The Hall–Kier alpha value is -3.10. The fourth-order valence-corrected chi connectivity index (χ4v) is 3.98. The lowest BCUT2D eigenvalue weighted by Gasteiger charge is -2.10. The highest BCUT2D eigenvalue weighted by atomic mass is 35.5. The van der Waals surface area contributed by atoms with Crippen LogP contribution in [-0.4, -0.2) is 25.9 Å². The maximum atomic E-state index is 12.4. The largest absolute Gasteiger partial charge is 0.439 e. The number of nitrogens with one attached hydrogen (secondary N) is 2. The lowest BCUT2D eigenvalue weighted by Crippen LogP contribution is -2.24. The lowest BCUT2D eigenvalue weighted by atomic mass is 10.2. The van der Waals surface area contributed by atoms with Crippen LogP contribution in [0, 0.1) is 0 Å². The van der Waals surface area contributed by atoms with Gasteiger partial charge in [0.1, 0.15) is 5.75 Å². The van der Waals surface area contributed by atoms with Gasteiger partial charge in [0.15, 0.2) is 0 Å². The molecule has 0 spiro atoms. The van der Waals surface area contributed by atoms with Crippen LogP contribution in [0.5, 0.6) is 11.6 Å². The third-order valence-electron chi connectivity index (χ3n) is 4.52. The van der Waals surface area contributed by atoms with Crippen molar-refractivity contribution in [2.75, 3.05) is 11.3 Å². The SMILES string of the molecule is CCCCCNC(=O)c1ccc(Oc2ccc(NS(=O)(=O)c3ccc(Cl)cc3)cc2)nc1. The quantitative estimate of drug-likeness (QED) is 0.392. The van der Waals surface area contributed by atoms with Crippen LogP contribution in [0.25, 0.3) is 0 Å². The van der Waals surface area contributed by atoms with Crippen LogP contribution >= 0.6 is 11.6 Å². The summed E-state index contributed by atoms with van der Waals surface area (Å²) in [6.45, 7) is 2.75. The zero-order valence-corrected chi connectivity index (χ0v) is 19.1. The third kappa shape index (κ3) is 6.70. The summed E-state index contributed by atoms with van der Waals surface area (Å²) < 4.78 is 33.1. The molecule has 0 radical (unpaired) electrons. The van der Waals surface area contributed by atoms with E-state index in [9.17, 15) is 13.2 Å². The summed E-state index contributed by atoms with van der Waals surface area (Å²) in [4.78, 5) is 16.4. The summed E-state index contributed by atoms with van der Waals surface area (Å²) in [6, 6.07) is 15.6. The number of carbonyl (C=O) groups excluding carboxylic acids is 1. The van der Waals surface area contributed by atoms with E-state index in [1.807, 2.05) is 0 Å². The molecule has 0 saturated carbocycles. The molecule has 7 nitrogen and oxygen atoms in total. The van der Waals surface area contributed by atoms with Crippen molar-refractivity contribution < 1.29 is 17.9 Å². The van der Waals surface area contributed by atoms with E-state index in [0.717, 1.165) is 19.3 Å². The number of carbonyl (C=O) groups is 1. The minimum absolute atomic E-state index is 0.112. The minimum Gasteiger partial charge on any atom is -0.439 e. The van der Waals surface area contributed by atoms with Crippen LogP contribution in [-0.2, 0) is 10.0 Å². The monoisotopic (exact) mass is 473 g/mol. The van der Waals surface area contributed by atoms with E-state index in [1.165, 1.54) is 30.5 Å². The molecular formula is C23H24ClN3O4S. The van der Waals surface area contributed by atoms with Crippen LogP contribution in [0.1, 0.15) is 36.5 Å². The number of sulfonamides is 1. The Bertz CT molecular complexity index is 1130. The Morgan fingerprint density at radius 1 is 1.00 bits per heavy atom. The number of amides is 1. The molecule has 0 saturated heterocycles. The normalized spacial score (nSPS) is 11.1. The first kappa shape index (κ1) is 23.6. The summed E-state index contributed by atoms with van der Waals surface area (Å²) in [7, 11) is -3.72. The summed E-state index contributed by atoms with van der Waals surface area (Å²) >= 11 is 5.81. The first-order valence-electron chi connectivity index (χ1n) is 10.2. The fourth-order valence-electron chi connectivity index (χ4n) is 2.79. The maximum absolute atomic E-state index is 12.4. The molecule has 1 aromatic heterocycles. The van der Waals surface area contributed by atoms with E-state index in [0.29, 0.717) is 34.4 Å². The Kier molecular flexibility index (Phi) is 8.08. The molecule has 0 aliphatic heterocycles. The Morgan fingerprint density at radius 2 is 1.72 bits per heavy atom. The van der Waals surface area contributed by atoms with Gasteiger partial charge in [0.25, 0.3) is 15.9 Å². The minimum atomic E-state index is -3.72. The highest BCUT2D eigenvalue weighted by Gasteiger charge is 2.14. The van der Waals surface area contributed by atoms with Gasteiger partial charge in [-0.05, 0) is 61.0 Å². The second-order valence-electron chi connectivity index (χ2n) is 7.03. The van der Waals surface area contributed by atoms with Crippen molar-refractivity contribution in [3.8, 4) is 11.6 Å². The van der Waals surface area contributed by atoms with Gasteiger partial charge in [-0.3, -0.25) is 9.52 Å². The van der Waals surface area contributed by atoms with Gasteiger partial charge in [0.2, 0.25) is 5.88 Å². The first-order chi connectivity index (χ1) is 15.4. The molecule has 0 aliphatic carbocycles. The number of nitrogens with zero attached hydrogens (tertiary/aromatic N) is 1. The molecule has 1 amide bonds. The molecule has 0 atom stereocenters. The molecule has 0 unspecified atom stereocenters. The second kappa shape index (κ2) is 11.0. The molecule has 3 aromatic rings. The molecule has 32 heavy (non-hydrogen) atoms. The van der Waals surface area contributed by atoms with Gasteiger partial charge in [0.05, 0.1) is 10.5 Å². The van der Waals surface area contributed by atoms with E-state index < -0.39 is 10.0 Å². The number of aromatic nitrogens is 1. The van der Waals surface area contributed by atoms with Crippen molar-refractivity contribution in [1.82, 2.24) is 10.3 Å². The third-order valence-corrected chi connectivity index (χ3v) is 6.17. The molecule has 9 heteroatoms. The van der Waals surface area contributed by atoms with Crippen molar-refractivity contribution >= 4 is 33.2 Å². The Balaban J connectivity index is 1.57. The van der Waals surface area contributed by atoms with Crippen LogP contribution < -0.4 is 14.8 Å². The number of halogens is 1. The molecule has 2 aromatic carbocycles. The standard InChI is InChI=1S/C23H24ClN3O4S/c1-2-3-4-15-25-23(28)17-5-14-22(26-16-17)31-20-10-8-19(9-11-20)27-32(29,30)21-12-6-18(24)7-13-21/h5-14,16,27H,2-4,15H2,1H3,(H,25,28). The van der Waals surface area contributed by atoms with Crippen LogP contribution in [0.3, 0.4) is 0 Å². The summed E-state index contributed by atoms with van der Waals surface area (Å²) in [5, 5.41) is 3.32. The number of ether oxygens (including phenoxy) is 1. The smallest absolute Gasteiger partial charge is 0.261 e. The topological polar surface area (TPSA) is 97.4 Å². The van der Waals surface area contributed by atoms with Gasteiger partial charge in [-0.15, -0.1) is 0 Å². The Morgan fingerprint density at radius 3 is 2.34 bits per heavy atom. The van der Waals surface area contributed by atoms with E-state index in [2.05, 4.69) is 21.9 Å². The predicted molar refractivity (Wildman–Crippen MR) is 125 cm³/mol. The van der Waals surface area contributed by atoms with Crippen LogP contribution in [0.4, 0.5) is 5.69 Å². The van der Waals surface area contributed by atoms with E-state index in [1.54, 1.807) is 36.4 Å². The van der Waals surface area contributed by atoms with Crippen molar-refractivity contribution in [1.29, 1.82) is 0 Å². The molecule has 168 valence electrons. The van der Waals surface area contributed by atoms with Gasteiger partial charge >= 0.3 is 0 Å². The highest BCUT2D eigenvalue weighted by Crippen LogP contribution is 2.23. The van der Waals surface area contributed by atoms with Gasteiger partial charge in [0, 0.05) is 29.5 Å². The van der Waals surface area contributed by atoms with Gasteiger partial charge in [-0.25, -0.2) is 13.4 Å². The zero-order valence-electron chi connectivity index (χ0n) is 17.5. The first-order valence-corrected chi connectivity index (χ1v) is 12.0. The Labute approximate surface area is 192 Å². The molecule has 0 bridgehead atoms. The molecule has 0 aliphatic rings. The number of hydrogen-bond acceptors (Lipinski definition) is 5. The van der Waals surface area contributed by atoms with Gasteiger partial charge in [-0.1, -0.05) is 31.4 Å². The lowest BCUT2D eigenvalue weighted by molar-refractivity contribution is 0.0952. The highest BCUT2D eigenvalue weighted by molar-refractivity contribution is 7.92.